The molecule has 12 atom stereocenters. The highest BCUT2D eigenvalue weighted by Crippen LogP contribution is 2.24. The first-order chi connectivity index (χ1) is 66.0. The maximum atomic E-state index is 15.3. The first-order valence-electron chi connectivity index (χ1n) is 47.3. The Morgan fingerprint density at radius 2 is 1.23 bits per heavy atom. The number of carbonyl (C=O) groups excluding carboxylic acids is 16. The molecule has 0 spiro atoms. The number of hydrogen-bond acceptors (Lipinski definition) is 26. The highest BCUT2D eigenvalue weighted by atomic mass is 16.5. The number of carbonyl (C=O) groups is 16. The second kappa shape index (κ2) is 61.8. The number of aliphatic hydroxyl groups excluding tert-OH is 2. The van der Waals surface area contributed by atoms with E-state index in [1.807, 2.05) is 12.1 Å². The number of para-hydroxylation sites is 1. The smallest absolute Gasteiger partial charge is 0.246 e. The van der Waals surface area contributed by atoms with Gasteiger partial charge in [-0.3, -0.25) is 82.1 Å². The van der Waals surface area contributed by atoms with E-state index in [4.69, 9.17) is 37.8 Å². The van der Waals surface area contributed by atoms with Gasteiger partial charge in [-0.25, -0.2) is 10.1 Å². The SMILES string of the molecule is CCCC[C@H](NC(=O)[C@@H](CN)NC(=O)[C@H](Cc1c[nH]cn1)NC(=O)[C@H](CCC(N)=O)NC(=O)[C@H](CO)NC(=O)CNC(=O)COCCOCCNC(=O)CCCCCCCCCCCCCCCc1nnn[nH]1)C(=O)N[C@H]1CCC(=O)NCCCC[C@@H](C(N)=O)NC(=O)[C@H](Cc2c[nH]c3ccccc23)NC(=O)[C@H](CCCNC(=N)N)NC(=O)[C@@H](Cc2ccccc2)NC(=O)[C@@H]2C[C@@H](O)CN2C1=O. The van der Waals surface area contributed by atoms with E-state index in [1.165, 1.54) is 63.9 Å². The number of nitrogens with one attached hydrogen (secondary N) is 18. The first-order valence-corrected chi connectivity index (χ1v) is 47.3. The molecule has 0 bridgehead atoms. The minimum absolute atomic E-state index is 0.0116. The van der Waals surface area contributed by atoms with Gasteiger partial charge in [0.1, 0.15) is 78.9 Å². The van der Waals surface area contributed by atoms with E-state index in [-0.39, 0.29) is 115 Å². The van der Waals surface area contributed by atoms with Gasteiger partial charge in [0.25, 0.3) is 0 Å². The summed E-state index contributed by atoms with van der Waals surface area (Å²) in [4.78, 5) is 235. The van der Waals surface area contributed by atoms with Gasteiger partial charge < -0.3 is 132 Å². The van der Waals surface area contributed by atoms with E-state index in [9.17, 15) is 72.5 Å². The van der Waals surface area contributed by atoms with Crippen molar-refractivity contribution in [2.75, 3.05) is 72.3 Å². The van der Waals surface area contributed by atoms with Gasteiger partial charge in [0.2, 0.25) is 94.5 Å². The van der Waals surface area contributed by atoms with Gasteiger partial charge >= 0.3 is 0 Å². The number of rotatable bonds is 56. The number of benzene rings is 2. The van der Waals surface area contributed by atoms with Crippen molar-refractivity contribution in [1.82, 2.24) is 115 Å². The zero-order chi connectivity index (χ0) is 99.2. The molecule has 2 aromatic carbocycles. The van der Waals surface area contributed by atoms with E-state index in [0.29, 0.717) is 24.0 Å². The Labute approximate surface area is 794 Å². The molecule has 28 N–H and O–H groups in total. The molecule has 5 heterocycles. The number of fused-ring (bicyclic) bond motifs is 2. The van der Waals surface area contributed by atoms with Crippen molar-refractivity contribution in [2.24, 2.45) is 22.9 Å². The molecule has 0 aliphatic carbocycles. The number of aliphatic hydroxyl groups is 2. The number of aromatic amines is 3. The van der Waals surface area contributed by atoms with Crippen molar-refractivity contribution in [3.05, 3.63) is 96.0 Å². The van der Waals surface area contributed by atoms with Crippen LogP contribution in [0.4, 0.5) is 0 Å². The largest absolute Gasteiger partial charge is 0.394 e. The van der Waals surface area contributed by atoms with E-state index >= 15 is 14.4 Å². The van der Waals surface area contributed by atoms with Crippen LogP contribution in [0.15, 0.2) is 73.3 Å². The standard InChI is InChI=1S/C90H139N27O20/c1-2-3-28-63(80(126)108-66-35-37-76(122)97-38-23-22-30-62(79(93)125)104-84(130)68(45-57-49-100-61-29-21-20-27-60(57)61)109-81(127)64(31-24-39-99-90(94)95)105-83(129)67(44-56-25-16-15-17-26-56)111-88(134)72-47-59(119)52-117(72)89(66)135)106-86(132)70(48-91)112-85(131)69(46-58-50-96-55-102-58)110-82(128)65(34-36-73(92)120)107-87(133)71(53-118)103-77(123)51-101-78(124)54-137-43-42-136-41-40-98-75(121)33-19-14-12-10-8-6-4-5-7-9-11-13-18-32-74-113-115-116-114-74/h15-17,20-21,25-27,29,49-50,55,59,62-72,100,118-119H,2-14,18-19,22-24,28,30-48,51-54,91H2,1H3,(H2,92,120)(H2,93,125)(H,96,102)(H,97,122)(H,98,121)(H,101,124)(H,103,123)(H,104,130)(H,105,129)(H,106,132)(H,107,133)(H,108,126)(H,109,127)(H,110,128)(H,111,134)(H,112,131)(H4,94,95,99)(H,113,114,115,116)/t59-,62+,63+,64+,65+,66+,67-,68+,69+,70-,71+,72+/m1/s1. The summed E-state index contributed by atoms with van der Waals surface area (Å²) in [5.74, 6) is -13.8. The van der Waals surface area contributed by atoms with Crippen LogP contribution in [0.3, 0.4) is 0 Å². The quantitative estimate of drug-likeness (QED) is 0.0102. The van der Waals surface area contributed by atoms with Crippen molar-refractivity contribution in [2.45, 2.75) is 279 Å². The first kappa shape index (κ1) is 111. The van der Waals surface area contributed by atoms with Crippen LogP contribution >= 0.6 is 0 Å². The number of imidazole rings is 1. The molecule has 2 saturated heterocycles. The molecule has 137 heavy (non-hydrogen) atoms. The molecule has 5 aromatic rings. The average Bonchev–Trinajstić information content (AvgIpc) is 1.66. The Kier molecular flexibility index (Phi) is 50.0. The second-order valence-corrected chi connectivity index (χ2v) is 34.2. The summed E-state index contributed by atoms with van der Waals surface area (Å²) in [6.45, 7) is -1.03. The Morgan fingerprint density at radius 3 is 1.91 bits per heavy atom. The van der Waals surface area contributed by atoms with Crippen LogP contribution in [-0.2, 0) is 112 Å². The Hall–Kier alpha value is -13.2. The van der Waals surface area contributed by atoms with Gasteiger partial charge in [-0.05, 0) is 91.8 Å². The third kappa shape index (κ3) is 41.5. The molecule has 7 rings (SSSR count). The summed E-state index contributed by atoms with van der Waals surface area (Å²) in [5.41, 5.74) is 25.1. The summed E-state index contributed by atoms with van der Waals surface area (Å²) in [6, 6.07) is -1.76. The highest BCUT2D eigenvalue weighted by Gasteiger charge is 2.44. The molecule has 754 valence electrons. The van der Waals surface area contributed by atoms with Gasteiger partial charge in [-0.2, -0.15) is 0 Å². The van der Waals surface area contributed by atoms with Gasteiger partial charge in [-0.15, -0.1) is 5.10 Å². The van der Waals surface area contributed by atoms with E-state index < -0.39 is 233 Å². The highest BCUT2D eigenvalue weighted by molar-refractivity contribution is 6.01. The van der Waals surface area contributed by atoms with Gasteiger partial charge in [0.05, 0.1) is 51.1 Å². The lowest BCUT2D eigenvalue weighted by Crippen LogP contribution is -2.62. The number of guanidine groups is 1. The fraction of sp³-hybridized carbons (Fsp3) is 0.611. The summed E-state index contributed by atoms with van der Waals surface area (Å²) in [6.07, 6.45) is 16.9. The van der Waals surface area contributed by atoms with E-state index in [0.717, 1.165) is 60.2 Å². The number of aromatic nitrogens is 7. The lowest BCUT2D eigenvalue weighted by atomic mass is 10.0. The van der Waals surface area contributed by atoms with Crippen molar-refractivity contribution < 1.29 is 96.4 Å². The lowest BCUT2D eigenvalue weighted by molar-refractivity contribution is -0.143. The Morgan fingerprint density at radius 1 is 0.606 bits per heavy atom. The van der Waals surface area contributed by atoms with Crippen LogP contribution in [0.2, 0.25) is 0 Å². The third-order valence-corrected chi connectivity index (χ3v) is 23.2. The summed E-state index contributed by atoms with van der Waals surface area (Å²) < 4.78 is 10.8. The molecule has 2 aliphatic rings. The molecule has 16 amide bonds. The van der Waals surface area contributed by atoms with Gasteiger partial charge in [0, 0.05) is 107 Å². The minimum Gasteiger partial charge on any atom is -0.394 e. The number of H-pyrrole nitrogens is 3. The number of nitrogens with zero attached hydrogens (tertiary/aromatic N) is 5. The number of nitrogens with two attached hydrogens (primary N) is 4. The van der Waals surface area contributed by atoms with Crippen LogP contribution in [-0.4, -0.2) is 296 Å². The number of unbranched alkanes of at least 4 members (excludes halogenated alkanes) is 13. The van der Waals surface area contributed by atoms with Gasteiger partial charge in [-0.1, -0.05) is 139 Å². The van der Waals surface area contributed by atoms with Crippen LogP contribution < -0.4 is 97.4 Å². The van der Waals surface area contributed by atoms with Gasteiger partial charge in [0.15, 0.2) is 5.96 Å². The molecule has 2 fully saturated rings. The molecule has 0 unspecified atom stereocenters. The van der Waals surface area contributed by atoms with E-state index in [1.54, 1.807) is 55.6 Å². The number of amides is 16. The van der Waals surface area contributed by atoms with Crippen molar-refractivity contribution in [1.29, 1.82) is 5.41 Å². The molecular weight excluding hydrogens is 1780 g/mol. The molecule has 47 heteroatoms. The van der Waals surface area contributed by atoms with Crippen molar-refractivity contribution in [3.8, 4) is 0 Å². The maximum Gasteiger partial charge on any atom is 0.246 e. The summed E-state index contributed by atoms with van der Waals surface area (Å²) in [7, 11) is 0. The second-order valence-electron chi connectivity index (χ2n) is 34.2. The molecule has 3 aromatic heterocycles. The number of aryl methyl sites for hydroxylation is 1. The van der Waals surface area contributed by atoms with Crippen LogP contribution in [0, 0.1) is 5.41 Å². The van der Waals surface area contributed by atoms with Crippen LogP contribution in [0.5, 0.6) is 0 Å². The number of primary amides is 2. The fourth-order valence-corrected chi connectivity index (χ4v) is 15.6. The summed E-state index contributed by atoms with van der Waals surface area (Å²) in [5, 5.41) is 80.3. The number of ether oxygens (including phenoxy) is 2. The maximum absolute atomic E-state index is 15.3. The molecule has 0 radical (unpaired) electrons. The van der Waals surface area contributed by atoms with E-state index in [2.05, 4.69) is 110 Å². The number of hydrogen-bond donors (Lipinski definition) is 24. The molecular formula is C90H139N27O20. The van der Waals surface area contributed by atoms with Crippen LogP contribution in [0.25, 0.3) is 10.9 Å². The zero-order valence-electron chi connectivity index (χ0n) is 77.8. The fourth-order valence-electron chi connectivity index (χ4n) is 15.6. The predicted octanol–water partition coefficient (Wildman–Crippen LogP) is -3.55. The molecule has 0 saturated carbocycles. The lowest BCUT2D eigenvalue weighted by Gasteiger charge is -2.31. The third-order valence-electron chi connectivity index (χ3n) is 23.2. The normalized spacial score (nSPS) is 18.7. The zero-order valence-corrected chi connectivity index (χ0v) is 77.8. The summed E-state index contributed by atoms with van der Waals surface area (Å²) >= 11 is 0. The molecule has 47 nitrogen and oxygen atoms in total. The van der Waals surface area contributed by atoms with Crippen molar-refractivity contribution >= 4 is 111 Å². The Bertz CT molecular complexity index is 4660. The predicted molar refractivity (Wildman–Crippen MR) is 499 cm³/mol. The molecule has 2 aliphatic heterocycles. The Balaban J connectivity index is 0.949. The monoisotopic (exact) mass is 1920 g/mol. The number of tetrazole rings is 1. The van der Waals surface area contributed by atoms with Crippen LogP contribution in [0.1, 0.15) is 203 Å². The topological polar surface area (TPSA) is 731 Å². The minimum atomic E-state index is -1.76. The average molecular weight is 1920 g/mol. The van der Waals surface area contributed by atoms with Crippen molar-refractivity contribution in [3.63, 3.8) is 0 Å².